The molecular weight excluding hydrogens is 305 g/mol. The molecule has 2 aromatic rings. The lowest BCUT2D eigenvalue weighted by atomic mass is 10.1. The third-order valence-corrected chi connectivity index (χ3v) is 4.68. The fourth-order valence-electron chi connectivity index (χ4n) is 3.19. The molecule has 6 heteroatoms. The van der Waals surface area contributed by atoms with Crippen LogP contribution >= 0.6 is 0 Å². The van der Waals surface area contributed by atoms with E-state index in [2.05, 4.69) is 27.8 Å². The van der Waals surface area contributed by atoms with Crippen molar-refractivity contribution < 1.29 is 4.39 Å². The zero-order valence-electron chi connectivity index (χ0n) is 14.1. The number of imidazole rings is 1. The molecule has 24 heavy (non-hydrogen) atoms. The second-order valence-electron chi connectivity index (χ2n) is 6.43. The highest BCUT2D eigenvalue weighted by Gasteiger charge is 2.25. The van der Waals surface area contributed by atoms with E-state index in [9.17, 15) is 4.39 Å². The molecule has 1 saturated heterocycles. The fourth-order valence-corrected chi connectivity index (χ4v) is 3.19. The van der Waals surface area contributed by atoms with Crippen molar-refractivity contribution in [3.63, 3.8) is 0 Å². The lowest BCUT2D eigenvalue weighted by Crippen LogP contribution is -2.51. The van der Waals surface area contributed by atoms with E-state index >= 15 is 0 Å². The van der Waals surface area contributed by atoms with Crippen molar-refractivity contribution in [1.29, 1.82) is 5.26 Å². The van der Waals surface area contributed by atoms with Gasteiger partial charge in [-0.25, -0.2) is 9.37 Å². The highest BCUT2D eigenvalue weighted by molar-refractivity contribution is 5.33. The Kier molecular flexibility index (Phi) is 4.93. The van der Waals surface area contributed by atoms with Gasteiger partial charge in [-0.05, 0) is 25.1 Å². The number of benzene rings is 1. The molecule has 0 N–H and O–H groups in total. The molecule has 0 amide bonds. The molecule has 126 valence electrons. The number of halogens is 1. The third-order valence-electron chi connectivity index (χ3n) is 4.68. The molecule has 5 nitrogen and oxygen atoms in total. The summed E-state index contributed by atoms with van der Waals surface area (Å²) in [5.74, 6) is 0.820. The van der Waals surface area contributed by atoms with Crippen LogP contribution in [0.4, 0.5) is 4.39 Å². The van der Waals surface area contributed by atoms with Crippen molar-refractivity contribution in [2.24, 2.45) is 7.05 Å². The lowest BCUT2D eigenvalue weighted by Gasteiger charge is -2.39. The average molecular weight is 327 g/mol. The van der Waals surface area contributed by atoms with Crippen LogP contribution < -0.4 is 0 Å². The molecule has 0 spiro atoms. The summed E-state index contributed by atoms with van der Waals surface area (Å²) >= 11 is 0. The Morgan fingerprint density at radius 2 is 2.17 bits per heavy atom. The smallest absolute Gasteiger partial charge is 0.127 e. The highest BCUT2D eigenvalue weighted by atomic mass is 19.1. The summed E-state index contributed by atoms with van der Waals surface area (Å²) in [6.45, 7) is 6.25. The largest absolute Gasteiger partial charge is 0.337 e. The molecule has 1 aliphatic rings. The zero-order chi connectivity index (χ0) is 17.1. The number of aromatic nitrogens is 2. The van der Waals surface area contributed by atoms with Gasteiger partial charge in [0.1, 0.15) is 11.6 Å². The van der Waals surface area contributed by atoms with Gasteiger partial charge in [0.2, 0.25) is 0 Å². The number of aryl methyl sites for hydroxylation is 1. The van der Waals surface area contributed by atoms with E-state index in [1.165, 1.54) is 12.1 Å². The summed E-state index contributed by atoms with van der Waals surface area (Å²) in [7, 11) is 2.01. The van der Waals surface area contributed by atoms with Gasteiger partial charge in [0.15, 0.2) is 0 Å². The minimum absolute atomic E-state index is 0.239. The molecule has 3 rings (SSSR count). The number of hydrogen-bond acceptors (Lipinski definition) is 4. The summed E-state index contributed by atoms with van der Waals surface area (Å²) in [5, 5.41) is 8.98. The van der Waals surface area contributed by atoms with Gasteiger partial charge in [-0.1, -0.05) is 0 Å². The van der Waals surface area contributed by atoms with Crippen LogP contribution in [0, 0.1) is 17.1 Å². The van der Waals surface area contributed by atoms with Gasteiger partial charge in [0.25, 0.3) is 0 Å². The van der Waals surface area contributed by atoms with Crippen LogP contribution in [0.25, 0.3) is 0 Å². The summed E-state index contributed by atoms with van der Waals surface area (Å²) in [4.78, 5) is 9.04. The topological polar surface area (TPSA) is 48.1 Å². The minimum atomic E-state index is -0.239. The normalized spacial score (nSPS) is 19.3. The Labute approximate surface area is 141 Å². The monoisotopic (exact) mass is 327 g/mol. The Balaban J connectivity index is 1.61. The maximum atomic E-state index is 14.0. The van der Waals surface area contributed by atoms with E-state index in [1.807, 2.05) is 24.0 Å². The fraction of sp³-hybridized carbons (Fsp3) is 0.444. The van der Waals surface area contributed by atoms with Crippen LogP contribution in [-0.4, -0.2) is 45.0 Å². The van der Waals surface area contributed by atoms with E-state index in [0.717, 1.165) is 32.0 Å². The van der Waals surface area contributed by atoms with Gasteiger partial charge in [-0.3, -0.25) is 9.80 Å². The molecule has 0 aliphatic carbocycles. The Hall–Kier alpha value is -2.23. The Morgan fingerprint density at radius 1 is 1.33 bits per heavy atom. The number of nitriles is 1. The van der Waals surface area contributed by atoms with Crippen molar-refractivity contribution in [2.75, 3.05) is 19.6 Å². The van der Waals surface area contributed by atoms with Gasteiger partial charge < -0.3 is 4.57 Å². The molecule has 1 aromatic heterocycles. The van der Waals surface area contributed by atoms with E-state index in [1.54, 1.807) is 6.07 Å². The molecule has 1 aliphatic heterocycles. The molecule has 0 unspecified atom stereocenters. The van der Waals surface area contributed by atoms with Crippen LogP contribution in [0.15, 0.2) is 30.6 Å². The maximum Gasteiger partial charge on any atom is 0.127 e. The van der Waals surface area contributed by atoms with Crippen LogP contribution in [-0.2, 0) is 20.1 Å². The standard InChI is InChI=1S/C18H22FN5/c1-14-11-23(12-16-9-15(10-20)3-4-17(16)19)7-8-24(14)13-18-21-5-6-22(18)2/h3-6,9,14H,7-8,11-13H2,1-2H3/t14-/m1/s1. The second-order valence-corrected chi connectivity index (χ2v) is 6.43. The summed E-state index contributed by atoms with van der Waals surface area (Å²) in [5.41, 5.74) is 1.10. The molecular formula is C18H22FN5. The number of nitrogens with zero attached hydrogens (tertiary/aromatic N) is 5. The molecule has 0 saturated carbocycles. The molecule has 0 bridgehead atoms. The predicted octanol–water partition coefficient (Wildman–Crippen LogP) is 2.14. The Bertz CT molecular complexity index is 748. The summed E-state index contributed by atoms with van der Waals surface area (Å²) < 4.78 is 16.0. The number of piperazine rings is 1. The van der Waals surface area contributed by atoms with E-state index in [0.29, 0.717) is 23.7 Å². The van der Waals surface area contributed by atoms with E-state index in [-0.39, 0.29) is 5.82 Å². The first-order valence-corrected chi connectivity index (χ1v) is 8.18. The first-order chi connectivity index (χ1) is 11.6. The minimum Gasteiger partial charge on any atom is -0.337 e. The molecule has 1 atom stereocenters. The van der Waals surface area contributed by atoms with Crippen molar-refractivity contribution >= 4 is 0 Å². The first-order valence-electron chi connectivity index (χ1n) is 8.18. The van der Waals surface area contributed by atoms with Crippen molar-refractivity contribution in [3.8, 4) is 6.07 Å². The van der Waals surface area contributed by atoms with E-state index in [4.69, 9.17) is 5.26 Å². The van der Waals surface area contributed by atoms with Gasteiger partial charge in [0.05, 0.1) is 18.2 Å². The first kappa shape index (κ1) is 16.6. The third kappa shape index (κ3) is 3.64. The van der Waals surface area contributed by atoms with Crippen molar-refractivity contribution in [3.05, 3.63) is 53.4 Å². The molecule has 2 heterocycles. The summed E-state index contributed by atoms with van der Waals surface area (Å²) in [6.07, 6.45) is 3.78. The van der Waals surface area contributed by atoms with Crippen LogP contribution in [0.1, 0.15) is 23.9 Å². The van der Waals surface area contributed by atoms with E-state index < -0.39 is 0 Å². The van der Waals surface area contributed by atoms with Gasteiger partial charge >= 0.3 is 0 Å². The van der Waals surface area contributed by atoms with Crippen molar-refractivity contribution in [2.45, 2.75) is 26.1 Å². The SMILES string of the molecule is C[C@@H]1CN(Cc2cc(C#N)ccc2F)CCN1Cc1nccn1C. The highest BCUT2D eigenvalue weighted by Crippen LogP contribution is 2.18. The zero-order valence-corrected chi connectivity index (χ0v) is 14.1. The molecule has 1 fully saturated rings. The van der Waals surface area contributed by atoms with Gasteiger partial charge in [-0.2, -0.15) is 5.26 Å². The molecule has 1 aromatic carbocycles. The Morgan fingerprint density at radius 3 is 2.83 bits per heavy atom. The maximum absolute atomic E-state index is 14.0. The van der Waals surface area contributed by atoms with Gasteiger partial charge in [0, 0.05) is 57.2 Å². The van der Waals surface area contributed by atoms with Crippen LogP contribution in [0.5, 0.6) is 0 Å². The van der Waals surface area contributed by atoms with Gasteiger partial charge in [-0.15, -0.1) is 0 Å². The average Bonchev–Trinajstić information content (AvgIpc) is 2.97. The predicted molar refractivity (Wildman–Crippen MR) is 89.5 cm³/mol. The molecule has 0 radical (unpaired) electrons. The van der Waals surface area contributed by atoms with Crippen LogP contribution in [0.2, 0.25) is 0 Å². The lowest BCUT2D eigenvalue weighted by molar-refractivity contribution is 0.0701. The second kappa shape index (κ2) is 7.12. The summed E-state index contributed by atoms with van der Waals surface area (Å²) in [6, 6.07) is 7.00. The number of hydrogen-bond donors (Lipinski definition) is 0. The van der Waals surface area contributed by atoms with Crippen molar-refractivity contribution in [1.82, 2.24) is 19.4 Å². The van der Waals surface area contributed by atoms with Crippen LogP contribution in [0.3, 0.4) is 0 Å². The quantitative estimate of drug-likeness (QED) is 0.863. The number of rotatable bonds is 4.